The molecule has 0 bridgehead atoms. The number of aliphatic hydroxyl groups is 1. The molecule has 0 aromatic carbocycles. The summed E-state index contributed by atoms with van der Waals surface area (Å²) in [4.78, 5) is 0. The zero-order chi connectivity index (χ0) is 10.3. The molecule has 0 aromatic heterocycles. The smallest absolute Gasteiger partial charge is 0.300 e. The van der Waals surface area contributed by atoms with Gasteiger partial charge < -0.3 is 14.6 Å². The van der Waals surface area contributed by atoms with Gasteiger partial charge in [0.2, 0.25) is 6.29 Å². The van der Waals surface area contributed by atoms with Crippen LogP contribution in [0.15, 0.2) is 0 Å². The van der Waals surface area contributed by atoms with Crippen LogP contribution in [0.3, 0.4) is 0 Å². The average molecular weight is 198 g/mol. The molecular formula is C8H16F2O3. The summed E-state index contributed by atoms with van der Waals surface area (Å²) in [5, 5.41) is 8.40. The minimum Gasteiger partial charge on any atom is -0.396 e. The largest absolute Gasteiger partial charge is 0.396 e. The predicted octanol–water partition coefficient (Wildman–Crippen LogP) is 1.40. The molecule has 1 N–H and O–H groups in total. The van der Waals surface area contributed by atoms with Crippen molar-refractivity contribution in [3.05, 3.63) is 0 Å². The molecule has 0 aromatic rings. The first-order valence-corrected chi connectivity index (χ1v) is 4.30. The van der Waals surface area contributed by atoms with Gasteiger partial charge in [-0.2, -0.15) is 0 Å². The molecule has 3 nitrogen and oxygen atoms in total. The van der Waals surface area contributed by atoms with Gasteiger partial charge in [0.1, 0.15) is 0 Å². The van der Waals surface area contributed by atoms with E-state index in [-0.39, 0.29) is 13.2 Å². The first-order valence-electron chi connectivity index (χ1n) is 4.30. The van der Waals surface area contributed by atoms with Gasteiger partial charge in [-0.15, -0.1) is 0 Å². The Morgan fingerprint density at radius 3 is 2.00 bits per heavy atom. The molecule has 0 aliphatic rings. The standard InChI is InChI=1S/C8H16F2O3/c1-3-12-7(13-4-2)8(9,10)5-6-11/h7,11H,3-6H2,1-2H3. The summed E-state index contributed by atoms with van der Waals surface area (Å²) in [6.07, 6.45) is -2.19. The molecule has 80 valence electrons. The lowest BCUT2D eigenvalue weighted by atomic mass is 10.2. The van der Waals surface area contributed by atoms with Crippen LogP contribution in [0.5, 0.6) is 0 Å². The van der Waals surface area contributed by atoms with Crippen LogP contribution in [0, 0.1) is 0 Å². The molecule has 0 aliphatic carbocycles. The molecule has 5 heteroatoms. The highest BCUT2D eigenvalue weighted by Gasteiger charge is 2.40. The Labute approximate surface area is 76.6 Å². The van der Waals surface area contributed by atoms with Crippen molar-refractivity contribution < 1.29 is 23.4 Å². The molecule has 0 spiro atoms. The fourth-order valence-corrected chi connectivity index (χ4v) is 0.862. The second kappa shape index (κ2) is 6.23. The highest BCUT2D eigenvalue weighted by Crippen LogP contribution is 2.25. The fourth-order valence-electron chi connectivity index (χ4n) is 0.862. The third kappa shape index (κ3) is 4.50. The zero-order valence-electron chi connectivity index (χ0n) is 7.93. The number of alkyl halides is 2. The molecule has 0 rings (SSSR count). The average Bonchev–Trinajstić information content (AvgIpc) is 2.04. The molecule has 0 fully saturated rings. The fraction of sp³-hybridized carbons (Fsp3) is 1.00. The molecule has 13 heavy (non-hydrogen) atoms. The summed E-state index contributed by atoms with van der Waals surface area (Å²) in [5.74, 6) is -3.12. The topological polar surface area (TPSA) is 38.7 Å². The van der Waals surface area contributed by atoms with E-state index in [1.54, 1.807) is 13.8 Å². The third-order valence-electron chi connectivity index (χ3n) is 1.43. The van der Waals surface area contributed by atoms with Crippen molar-refractivity contribution >= 4 is 0 Å². The van der Waals surface area contributed by atoms with Gasteiger partial charge in [-0.1, -0.05) is 0 Å². The summed E-state index contributed by atoms with van der Waals surface area (Å²) < 4.78 is 35.5. The van der Waals surface area contributed by atoms with Crippen molar-refractivity contribution in [2.24, 2.45) is 0 Å². The summed E-state index contributed by atoms with van der Waals surface area (Å²) in [6, 6.07) is 0. The lowest BCUT2D eigenvalue weighted by Gasteiger charge is -2.25. The number of aliphatic hydroxyl groups excluding tert-OH is 1. The molecule has 0 heterocycles. The first kappa shape index (κ1) is 12.7. The minimum atomic E-state index is -3.12. The van der Waals surface area contributed by atoms with Crippen molar-refractivity contribution in [1.82, 2.24) is 0 Å². The van der Waals surface area contributed by atoms with E-state index in [0.717, 1.165) is 0 Å². The first-order chi connectivity index (χ1) is 6.08. The van der Waals surface area contributed by atoms with E-state index in [1.165, 1.54) is 0 Å². The Balaban J connectivity index is 4.13. The monoisotopic (exact) mass is 198 g/mol. The van der Waals surface area contributed by atoms with E-state index in [9.17, 15) is 8.78 Å². The number of hydrogen-bond donors (Lipinski definition) is 1. The second-order valence-electron chi connectivity index (χ2n) is 2.48. The van der Waals surface area contributed by atoms with Gasteiger partial charge in [0, 0.05) is 26.2 Å². The molecule has 0 saturated heterocycles. The number of halogens is 2. The summed E-state index contributed by atoms with van der Waals surface area (Å²) in [5.41, 5.74) is 0. The Hall–Kier alpha value is -0.260. The third-order valence-corrected chi connectivity index (χ3v) is 1.43. The normalized spacial score (nSPS) is 12.5. The maximum atomic E-state index is 13.1. The van der Waals surface area contributed by atoms with E-state index in [2.05, 4.69) is 0 Å². The molecule has 0 atom stereocenters. The number of ether oxygens (including phenoxy) is 2. The van der Waals surface area contributed by atoms with Crippen molar-refractivity contribution in [2.75, 3.05) is 19.8 Å². The molecule has 0 saturated carbocycles. The van der Waals surface area contributed by atoms with Gasteiger partial charge in [-0.3, -0.25) is 0 Å². The van der Waals surface area contributed by atoms with Crippen LogP contribution in [0.2, 0.25) is 0 Å². The molecule has 0 radical (unpaired) electrons. The van der Waals surface area contributed by atoms with Crippen LogP contribution in [0.25, 0.3) is 0 Å². The van der Waals surface area contributed by atoms with Gasteiger partial charge in [0.05, 0.1) is 0 Å². The van der Waals surface area contributed by atoms with Crippen LogP contribution in [0.4, 0.5) is 8.78 Å². The van der Waals surface area contributed by atoms with Crippen molar-refractivity contribution in [3.8, 4) is 0 Å². The van der Waals surface area contributed by atoms with Gasteiger partial charge in [0.25, 0.3) is 5.92 Å². The van der Waals surface area contributed by atoms with Crippen LogP contribution < -0.4 is 0 Å². The molecule has 0 unspecified atom stereocenters. The van der Waals surface area contributed by atoms with Gasteiger partial charge >= 0.3 is 0 Å². The van der Waals surface area contributed by atoms with Crippen molar-refractivity contribution in [1.29, 1.82) is 0 Å². The van der Waals surface area contributed by atoms with E-state index in [4.69, 9.17) is 14.6 Å². The number of rotatable bonds is 7. The van der Waals surface area contributed by atoms with Gasteiger partial charge in [0.15, 0.2) is 0 Å². The van der Waals surface area contributed by atoms with E-state index in [1.807, 2.05) is 0 Å². The quantitative estimate of drug-likeness (QED) is 0.628. The van der Waals surface area contributed by atoms with E-state index >= 15 is 0 Å². The van der Waals surface area contributed by atoms with E-state index in [0.29, 0.717) is 0 Å². The Morgan fingerprint density at radius 1 is 1.23 bits per heavy atom. The van der Waals surface area contributed by atoms with Gasteiger partial charge in [-0.05, 0) is 13.8 Å². The highest BCUT2D eigenvalue weighted by atomic mass is 19.3. The van der Waals surface area contributed by atoms with E-state index < -0.39 is 25.2 Å². The lowest BCUT2D eigenvalue weighted by Crippen LogP contribution is -2.39. The summed E-state index contributed by atoms with van der Waals surface area (Å²) >= 11 is 0. The zero-order valence-corrected chi connectivity index (χ0v) is 7.93. The Morgan fingerprint density at radius 2 is 1.69 bits per heavy atom. The molecular weight excluding hydrogens is 182 g/mol. The van der Waals surface area contributed by atoms with Crippen LogP contribution in [-0.2, 0) is 9.47 Å². The number of hydrogen-bond acceptors (Lipinski definition) is 3. The Bertz CT molecular complexity index is 125. The maximum absolute atomic E-state index is 13.1. The van der Waals surface area contributed by atoms with Crippen LogP contribution in [-0.4, -0.2) is 37.1 Å². The minimum absolute atomic E-state index is 0.158. The summed E-state index contributed by atoms with van der Waals surface area (Å²) in [7, 11) is 0. The maximum Gasteiger partial charge on any atom is 0.300 e. The highest BCUT2D eigenvalue weighted by molar-refractivity contribution is 4.70. The van der Waals surface area contributed by atoms with Gasteiger partial charge in [-0.25, -0.2) is 8.78 Å². The Kier molecular flexibility index (Phi) is 6.11. The lowest BCUT2D eigenvalue weighted by molar-refractivity contribution is -0.257. The molecule has 0 amide bonds. The van der Waals surface area contributed by atoms with Crippen LogP contribution >= 0.6 is 0 Å². The van der Waals surface area contributed by atoms with Crippen molar-refractivity contribution in [2.45, 2.75) is 32.5 Å². The van der Waals surface area contributed by atoms with Crippen LogP contribution in [0.1, 0.15) is 20.3 Å². The summed E-state index contributed by atoms with van der Waals surface area (Å²) in [6.45, 7) is 2.96. The predicted molar refractivity (Wildman–Crippen MR) is 43.7 cm³/mol. The second-order valence-corrected chi connectivity index (χ2v) is 2.48. The van der Waals surface area contributed by atoms with Crippen molar-refractivity contribution in [3.63, 3.8) is 0 Å². The SMILES string of the molecule is CCOC(OCC)C(F)(F)CCO. The molecule has 0 aliphatic heterocycles.